The van der Waals surface area contributed by atoms with Crippen LogP contribution < -0.4 is 15.4 Å². The van der Waals surface area contributed by atoms with Gasteiger partial charge in [-0.1, -0.05) is 30.3 Å². The zero-order valence-corrected chi connectivity index (χ0v) is 15.3. The average Bonchev–Trinajstić information content (AvgIpc) is 2.74. The molecule has 0 aliphatic heterocycles. The van der Waals surface area contributed by atoms with Crippen LogP contribution in [0.5, 0.6) is 11.5 Å². The van der Waals surface area contributed by atoms with Gasteiger partial charge < -0.3 is 20.1 Å². The molecule has 3 rings (SSSR count). The van der Waals surface area contributed by atoms with E-state index in [1.807, 2.05) is 30.3 Å². The van der Waals surface area contributed by atoms with E-state index in [-0.39, 0.29) is 6.61 Å². The van der Waals surface area contributed by atoms with Gasteiger partial charge in [-0.15, -0.1) is 0 Å². The van der Waals surface area contributed by atoms with E-state index in [1.165, 1.54) is 0 Å². The van der Waals surface area contributed by atoms with Crippen LogP contribution >= 0.6 is 0 Å². The predicted molar refractivity (Wildman–Crippen MR) is 108 cm³/mol. The molecule has 0 saturated heterocycles. The number of anilines is 2. The van der Waals surface area contributed by atoms with Crippen LogP contribution in [0.1, 0.15) is 10.4 Å². The van der Waals surface area contributed by atoms with Crippen molar-refractivity contribution in [1.29, 1.82) is 0 Å². The van der Waals surface area contributed by atoms with Gasteiger partial charge in [-0.25, -0.2) is 4.79 Å². The van der Waals surface area contributed by atoms with Gasteiger partial charge in [0, 0.05) is 18.4 Å². The SMILES string of the molecule is CNc1ccccc1C(=O)OCC(=O)Nc1ccc(Oc2ccccc2)cc1. The van der Waals surface area contributed by atoms with Crippen molar-refractivity contribution in [2.75, 3.05) is 24.3 Å². The van der Waals surface area contributed by atoms with E-state index < -0.39 is 11.9 Å². The summed E-state index contributed by atoms with van der Waals surface area (Å²) in [6.45, 7) is -0.376. The summed E-state index contributed by atoms with van der Waals surface area (Å²) < 4.78 is 10.8. The van der Waals surface area contributed by atoms with Crippen molar-refractivity contribution in [3.05, 3.63) is 84.4 Å². The maximum atomic E-state index is 12.1. The highest BCUT2D eigenvalue weighted by molar-refractivity contribution is 5.98. The summed E-state index contributed by atoms with van der Waals surface area (Å²) in [5.41, 5.74) is 1.60. The summed E-state index contributed by atoms with van der Waals surface area (Å²) in [4.78, 5) is 24.2. The van der Waals surface area contributed by atoms with Crippen LogP contribution in [0, 0.1) is 0 Å². The van der Waals surface area contributed by atoms with Crippen molar-refractivity contribution in [1.82, 2.24) is 0 Å². The maximum absolute atomic E-state index is 12.1. The number of benzene rings is 3. The molecule has 0 aromatic heterocycles. The zero-order chi connectivity index (χ0) is 19.8. The number of esters is 1. The van der Waals surface area contributed by atoms with Crippen LogP contribution in [0.4, 0.5) is 11.4 Å². The molecule has 0 aliphatic carbocycles. The number of ether oxygens (including phenoxy) is 2. The molecule has 0 fully saturated rings. The molecule has 28 heavy (non-hydrogen) atoms. The monoisotopic (exact) mass is 376 g/mol. The van der Waals surface area contributed by atoms with Gasteiger partial charge in [0.1, 0.15) is 11.5 Å². The third kappa shape index (κ3) is 5.11. The Bertz CT molecular complexity index is 940. The topological polar surface area (TPSA) is 76.7 Å². The molecule has 0 unspecified atom stereocenters. The van der Waals surface area contributed by atoms with Crippen molar-refractivity contribution >= 4 is 23.3 Å². The quantitative estimate of drug-likeness (QED) is 0.601. The van der Waals surface area contributed by atoms with E-state index in [4.69, 9.17) is 9.47 Å². The van der Waals surface area contributed by atoms with Gasteiger partial charge in [0.25, 0.3) is 5.91 Å². The van der Waals surface area contributed by atoms with Crippen LogP contribution in [-0.2, 0) is 9.53 Å². The fourth-order valence-electron chi connectivity index (χ4n) is 2.52. The molecule has 1 amide bonds. The van der Waals surface area contributed by atoms with E-state index in [0.717, 1.165) is 5.75 Å². The average molecular weight is 376 g/mol. The second-order valence-electron chi connectivity index (χ2n) is 5.86. The number of hydrogen-bond donors (Lipinski definition) is 2. The number of carbonyl (C=O) groups is 2. The van der Waals surface area contributed by atoms with Crippen molar-refractivity contribution in [2.24, 2.45) is 0 Å². The molecule has 0 aliphatic rings. The number of rotatable bonds is 7. The Balaban J connectivity index is 1.51. The molecule has 142 valence electrons. The minimum absolute atomic E-state index is 0.375. The molecular weight excluding hydrogens is 356 g/mol. The van der Waals surface area contributed by atoms with Crippen LogP contribution in [-0.4, -0.2) is 25.5 Å². The lowest BCUT2D eigenvalue weighted by Crippen LogP contribution is -2.21. The molecule has 2 N–H and O–H groups in total. The van der Waals surface area contributed by atoms with Crippen LogP contribution in [0.3, 0.4) is 0 Å². The minimum Gasteiger partial charge on any atom is -0.457 e. The van der Waals surface area contributed by atoms with Crippen molar-refractivity contribution in [2.45, 2.75) is 0 Å². The molecule has 0 heterocycles. The van der Waals surface area contributed by atoms with Gasteiger partial charge in [-0.2, -0.15) is 0 Å². The summed E-state index contributed by atoms with van der Waals surface area (Å²) in [6, 6.07) is 23.3. The molecule has 6 heteroatoms. The summed E-state index contributed by atoms with van der Waals surface area (Å²) in [6.07, 6.45) is 0. The molecule has 0 saturated carbocycles. The Kier molecular flexibility index (Phi) is 6.25. The first kappa shape index (κ1) is 19.0. The van der Waals surface area contributed by atoms with E-state index in [9.17, 15) is 9.59 Å². The van der Waals surface area contributed by atoms with Crippen molar-refractivity contribution < 1.29 is 19.1 Å². The van der Waals surface area contributed by atoms with Crippen LogP contribution in [0.25, 0.3) is 0 Å². The third-order valence-electron chi connectivity index (χ3n) is 3.87. The molecule has 0 bridgehead atoms. The van der Waals surface area contributed by atoms with Gasteiger partial charge in [-0.3, -0.25) is 4.79 Å². The first-order valence-corrected chi connectivity index (χ1v) is 8.72. The van der Waals surface area contributed by atoms with Gasteiger partial charge in [0.05, 0.1) is 5.56 Å². The molecule has 3 aromatic rings. The third-order valence-corrected chi connectivity index (χ3v) is 3.87. The van der Waals surface area contributed by atoms with E-state index in [1.54, 1.807) is 55.6 Å². The van der Waals surface area contributed by atoms with Crippen LogP contribution in [0.15, 0.2) is 78.9 Å². The highest BCUT2D eigenvalue weighted by atomic mass is 16.5. The Morgan fingerprint density at radius 3 is 2.18 bits per heavy atom. The lowest BCUT2D eigenvalue weighted by Gasteiger charge is -2.10. The van der Waals surface area contributed by atoms with E-state index in [2.05, 4.69) is 10.6 Å². The fourth-order valence-corrected chi connectivity index (χ4v) is 2.52. The highest BCUT2D eigenvalue weighted by Gasteiger charge is 2.13. The Morgan fingerprint density at radius 1 is 0.821 bits per heavy atom. The molecule has 0 spiro atoms. The summed E-state index contributed by atoms with van der Waals surface area (Å²) in [5, 5.41) is 5.59. The first-order valence-electron chi connectivity index (χ1n) is 8.72. The summed E-state index contributed by atoms with van der Waals surface area (Å²) in [7, 11) is 1.71. The van der Waals surface area contributed by atoms with Gasteiger partial charge in [0.15, 0.2) is 6.61 Å². The molecule has 3 aromatic carbocycles. The standard InChI is InChI=1S/C22H20N2O4/c1-23-20-10-6-5-9-19(20)22(26)27-15-21(25)24-16-11-13-18(14-12-16)28-17-7-3-2-4-8-17/h2-14,23H,15H2,1H3,(H,24,25). The van der Waals surface area contributed by atoms with E-state index >= 15 is 0 Å². The van der Waals surface area contributed by atoms with Gasteiger partial charge >= 0.3 is 5.97 Å². The molecule has 0 radical (unpaired) electrons. The fraction of sp³-hybridized carbons (Fsp3) is 0.0909. The Morgan fingerprint density at radius 2 is 1.46 bits per heavy atom. The Hall–Kier alpha value is -3.80. The predicted octanol–water partition coefficient (Wildman–Crippen LogP) is 4.32. The number of hydrogen-bond acceptors (Lipinski definition) is 5. The number of para-hydroxylation sites is 2. The summed E-state index contributed by atoms with van der Waals surface area (Å²) in [5.74, 6) is 0.395. The van der Waals surface area contributed by atoms with Gasteiger partial charge in [-0.05, 0) is 48.5 Å². The Labute approximate surface area is 163 Å². The zero-order valence-electron chi connectivity index (χ0n) is 15.3. The maximum Gasteiger partial charge on any atom is 0.340 e. The second-order valence-corrected chi connectivity index (χ2v) is 5.86. The minimum atomic E-state index is -0.563. The second kappa shape index (κ2) is 9.23. The lowest BCUT2D eigenvalue weighted by atomic mass is 10.2. The van der Waals surface area contributed by atoms with Crippen molar-refractivity contribution in [3.8, 4) is 11.5 Å². The van der Waals surface area contributed by atoms with Crippen molar-refractivity contribution in [3.63, 3.8) is 0 Å². The molecule has 0 atom stereocenters. The van der Waals surface area contributed by atoms with E-state index in [0.29, 0.717) is 22.7 Å². The normalized spacial score (nSPS) is 10.0. The largest absolute Gasteiger partial charge is 0.457 e. The first-order chi connectivity index (χ1) is 13.7. The highest BCUT2D eigenvalue weighted by Crippen LogP contribution is 2.22. The lowest BCUT2D eigenvalue weighted by molar-refractivity contribution is -0.119. The molecule has 6 nitrogen and oxygen atoms in total. The molecular formula is C22H20N2O4. The smallest absolute Gasteiger partial charge is 0.340 e. The number of amides is 1. The number of nitrogens with one attached hydrogen (secondary N) is 2. The summed E-state index contributed by atoms with van der Waals surface area (Å²) >= 11 is 0. The van der Waals surface area contributed by atoms with Crippen LogP contribution in [0.2, 0.25) is 0 Å². The number of carbonyl (C=O) groups excluding carboxylic acids is 2. The van der Waals surface area contributed by atoms with Gasteiger partial charge in [0.2, 0.25) is 0 Å².